The normalized spacial score (nSPS) is 28.0. The van der Waals surface area contributed by atoms with Crippen molar-refractivity contribution in [3.05, 3.63) is 84.4 Å². The van der Waals surface area contributed by atoms with E-state index in [4.69, 9.17) is 16.3 Å². The second kappa shape index (κ2) is 11.9. The zero-order valence-electron chi connectivity index (χ0n) is 25.0. The molecule has 1 spiro atoms. The molecule has 228 valence electrons. The van der Waals surface area contributed by atoms with E-state index in [0.29, 0.717) is 35.7 Å². The number of amides is 3. The van der Waals surface area contributed by atoms with Crippen LogP contribution in [-0.4, -0.2) is 70.7 Å². The Kier molecular flexibility index (Phi) is 8.58. The summed E-state index contributed by atoms with van der Waals surface area (Å²) < 4.78 is 6.95. The minimum absolute atomic E-state index is 0.151. The molecule has 1 N–H and O–H groups in total. The van der Waals surface area contributed by atoms with E-state index >= 15 is 0 Å². The molecule has 2 aromatic rings. The first-order valence-electron chi connectivity index (χ1n) is 14.9. The Labute approximate surface area is 258 Å². The maximum atomic E-state index is 14.8. The second-order valence-corrected chi connectivity index (χ2v) is 12.2. The number of halogens is 1. The highest BCUT2D eigenvalue weighted by Gasteiger charge is 2.79. The number of hydrogen-bond donors (Lipinski definition) is 1. The molecule has 3 aliphatic heterocycles. The maximum absolute atomic E-state index is 14.8. The van der Waals surface area contributed by atoms with Crippen LogP contribution in [0.25, 0.3) is 0 Å². The maximum Gasteiger partial charge on any atom is 0.253 e. The van der Waals surface area contributed by atoms with Crippen LogP contribution in [-0.2, 0) is 19.1 Å². The third-order valence-corrected chi connectivity index (χ3v) is 9.84. The molecule has 6 atom stereocenters. The van der Waals surface area contributed by atoms with E-state index in [0.717, 1.165) is 5.56 Å². The van der Waals surface area contributed by atoms with Gasteiger partial charge in [0.25, 0.3) is 5.91 Å². The van der Waals surface area contributed by atoms with Gasteiger partial charge in [-0.25, -0.2) is 0 Å². The summed E-state index contributed by atoms with van der Waals surface area (Å²) in [6, 6.07) is 13.0. The number of nitrogens with zero attached hydrogens (tertiary/aromatic N) is 3. The zero-order chi connectivity index (χ0) is 31.1. The van der Waals surface area contributed by atoms with Crippen molar-refractivity contribution in [1.29, 1.82) is 0 Å². The lowest BCUT2D eigenvalue weighted by Crippen LogP contribution is -2.58. The molecule has 5 rings (SSSR count). The average molecular weight is 606 g/mol. The highest BCUT2D eigenvalue weighted by Crippen LogP contribution is 2.65. The monoisotopic (exact) mass is 605 g/mol. The smallest absolute Gasteiger partial charge is 0.253 e. The summed E-state index contributed by atoms with van der Waals surface area (Å²) >= 11 is 6.65. The summed E-state index contributed by atoms with van der Waals surface area (Å²) in [4.78, 5) is 48.6. The van der Waals surface area contributed by atoms with Gasteiger partial charge in [0.2, 0.25) is 11.8 Å². The van der Waals surface area contributed by atoms with E-state index in [9.17, 15) is 19.5 Å². The van der Waals surface area contributed by atoms with Crippen molar-refractivity contribution in [3.63, 3.8) is 0 Å². The standard InChI is InChI=1S/C34H40ClN3O5/c1-6-19-36(24-14-10-9-11-15-24)30(40)26-27-31(41)38(23(5)21-39)29(34(27)18-17-33(26,8-3)43-34)32(42)37(20-7-2)28-22(4)13-12-16-25(28)35/h6-7,9-16,23,26-27,29,39H,1-2,8,17-21H2,3-5H3/t23-,26-,27+,29?,33+,34?/m1/s1. The topological polar surface area (TPSA) is 90.4 Å². The summed E-state index contributed by atoms with van der Waals surface area (Å²) in [5, 5.41) is 10.7. The van der Waals surface area contributed by atoms with Crippen molar-refractivity contribution in [2.24, 2.45) is 11.8 Å². The number of likely N-dealkylation sites (tertiary alicyclic amines) is 1. The summed E-state index contributed by atoms with van der Waals surface area (Å²) in [6.45, 7) is 13.3. The lowest BCUT2D eigenvalue weighted by molar-refractivity contribution is -0.149. The van der Waals surface area contributed by atoms with Gasteiger partial charge in [0.1, 0.15) is 11.6 Å². The first-order chi connectivity index (χ1) is 20.6. The predicted octanol–water partition coefficient (Wildman–Crippen LogP) is 4.92. The van der Waals surface area contributed by atoms with Crippen LogP contribution in [0.1, 0.15) is 38.7 Å². The van der Waals surface area contributed by atoms with Crippen LogP contribution < -0.4 is 9.80 Å². The molecule has 0 aromatic heterocycles. The summed E-state index contributed by atoms with van der Waals surface area (Å²) in [5.41, 5.74) is -0.146. The fourth-order valence-corrected chi connectivity index (χ4v) is 7.96. The highest BCUT2D eigenvalue weighted by atomic mass is 35.5. The molecule has 3 amide bonds. The van der Waals surface area contributed by atoms with Gasteiger partial charge in [0, 0.05) is 18.8 Å². The summed E-state index contributed by atoms with van der Waals surface area (Å²) in [7, 11) is 0. The molecule has 2 unspecified atom stereocenters. The van der Waals surface area contributed by atoms with Gasteiger partial charge >= 0.3 is 0 Å². The van der Waals surface area contributed by atoms with Crippen LogP contribution in [0.3, 0.4) is 0 Å². The van der Waals surface area contributed by atoms with Crippen LogP contribution in [0, 0.1) is 18.8 Å². The SMILES string of the molecule is C=CCN(C(=O)[C@H]1[C@H]2C(=O)N([C@H](C)CO)C(C(=O)N(CC=C)c3c(C)cccc3Cl)C23CC[C@]1(CC)O3)c1ccccc1. The van der Waals surface area contributed by atoms with Crippen molar-refractivity contribution >= 4 is 40.7 Å². The predicted molar refractivity (Wildman–Crippen MR) is 168 cm³/mol. The van der Waals surface area contributed by atoms with Crippen molar-refractivity contribution in [2.75, 3.05) is 29.5 Å². The molecular weight excluding hydrogens is 566 g/mol. The number of aliphatic hydroxyl groups excluding tert-OH is 1. The minimum atomic E-state index is -1.25. The minimum Gasteiger partial charge on any atom is -0.394 e. The van der Waals surface area contributed by atoms with E-state index in [2.05, 4.69) is 13.2 Å². The van der Waals surface area contributed by atoms with E-state index in [-0.39, 0.29) is 37.4 Å². The van der Waals surface area contributed by atoms with Gasteiger partial charge in [0.15, 0.2) is 0 Å². The van der Waals surface area contributed by atoms with Crippen molar-refractivity contribution in [1.82, 2.24) is 4.90 Å². The number of carbonyl (C=O) groups excluding carboxylic acids is 3. The summed E-state index contributed by atoms with van der Waals surface area (Å²) in [6.07, 6.45) is 4.74. The number of carbonyl (C=O) groups is 3. The Balaban J connectivity index is 1.65. The fraction of sp³-hybridized carbons (Fsp3) is 0.441. The zero-order valence-corrected chi connectivity index (χ0v) is 25.8. The van der Waals surface area contributed by atoms with Crippen LogP contribution in [0.4, 0.5) is 11.4 Å². The van der Waals surface area contributed by atoms with Crippen molar-refractivity contribution in [2.45, 2.75) is 63.3 Å². The fourth-order valence-electron chi connectivity index (χ4n) is 7.63. The number of rotatable bonds is 11. The van der Waals surface area contributed by atoms with E-state index in [1.807, 2.05) is 56.3 Å². The van der Waals surface area contributed by atoms with Crippen molar-refractivity contribution in [3.8, 4) is 0 Å². The highest BCUT2D eigenvalue weighted by molar-refractivity contribution is 6.34. The molecule has 2 aromatic carbocycles. The van der Waals surface area contributed by atoms with Crippen LogP contribution >= 0.6 is 11.6 Å². The Morgan fingerprint density at radius 3 is 2.37 bits per heavy atom. The number of ether oxygens (including phenoxy) is 1. The number of hydrogen-bond acceptors (Lipinski definition) is 5. The number of aliphatic hydroxyl groups is 1. The molecule has 3 aliphatic rings. The van der Waals surface area contributed by atoms with Gasteiger partial charge in [0.05, 0.1) is 40.8 Å². The quantitative estimate of drug-likeness (QED) is 0.367. The average Bonchev–Trinajstić information content (AvgIpc) is 3.62. The third-order valence-electron chi connectivity index (χ3n) is 9.54. The summed E-state index contributed by atoms with van der Waals surface area (Å²) in [5.74, 6) is -2.68. The Morgan fingerprint density at radius 1 is 1.09 bits per heavy atom. The lowest BCUT2D eigenvalue weighted by Gasteiger charge is -2.39. The van der Waals surface area contributed by atoms with Gasteiger partial charge < -0.3 is 24.5 Å². The molecule has 3 saturated heterocycles. The van der Waals surface area contributed by atoms with Gasteiger partial charge in [-0.1, -0.05) is 61.0 Å². The Morgan fingerprint density at radius 2 is 1.77 bits per heavy atom. The lowest BCUT2D eigenvalue weighted by atomic mass is 9.64. The van der Waals surface area contributed by atoms with Crippen LogP contribution in [0.5, 0.6) is 0 Å². The number of aryl methyl sites for hydroxylation is 1. The van der Waals surface area contributed by atoms with Gasteiger partial charge in [-0.15, -0.1) is 13.2 Å². The molecule has 9 heteroatoms. The molecule has 43 heavy (non-hydrogen) atoms. The van der Waals surface area contributed by atoms with Gasteiger partial charge in [-0.2, -0.15) is 0 Å². The Bertz CT molecular complexity index is 1410. The number of benzene rings is 2. The molecule has 3 heterocycles. The molecule has 0 aliphatic carbocycles. The Hall–Kier alpha value is -3.46. The number of para-hydroxylation sites is 2. The number of fused-ring (bicyclic) bond motifs is 1. The molecular formula is C34H40ClN3O5. The largest absolute Gasteiger partial charge is 0.394 e. The molecule has 3 fully saturated rings. The third kappa shape index (κ3) is 4.71. The van der Waals surface area contributed by atoms with Crippen LogP contribution in [0.2, 0.25) is 5.02 Å². The molecule has 2 bridgehead atoms. The van der Waals surface area contributed by atoms with Gasteiger partial charge in [-0.3, -0.25) is 14.4 Å². The van der Waals surface area contributed by atoms with Gasteiger partial charge in [-0.05, 0) is 56.9 Å². The van der Waals surface area contributed by atoms with E-state index in [1.165, 1.54) is 4.90 Å². The van der Waals surface area contributed by atoms with Crippen LogP contribution in [0.15, 0.2) is 73.8 Å². The first kappa shape index (κ1) is 31.0. The molecule has 8 nitrogen and oxygen atoms in total. The molecule has 0 saturated carbocycles. The number of anilines is 2. The first-order valence-corrected chi connectivity index (χ1v) is 15.3. The van der Waals surface area contributed by atoms with Crippen molar-refractivity contribution < 1.29 is 24.2 Å². The van der Waals surface area contributed by atoms with E-state index < -0.39 is 35.1 Å². The second-order valence-electron chi connectivity index (χ2n) is 11.8. The van der Waals surface area contributed by atoms with E-state index in [1.54, 1.807) is 34.9 Å². The molecule has 0 radical (unpaired) electrons.